The van der Waals surface area contributed by atoms with Gasteiger partial charge in [-0.2, -0.15) is 0 Å². The summed E-state index contributed by atoms with van der Waals surface area (Å²) in [7, 11) is -1.83. The van der Waals surface area contributed by atoms with Crippen molar-refractivity contribution in [3.8, 4) is 0 Å². The lowest BCUT2D eigenvalue weighted by Crippen LogP contribution is -2.39. The molecule has 4 heteroatoms. The number of allylic oxidation sites excluding steroid dienone is 1. The van der Waals surface area contributed by atoms with Gasteiger partial charge in [-0.25, -0.2) is 0 Å². The van der Waals surface area contributed by atoms with Gasteiger partial charge in [0, 0.05) is 5.92 Å². The summed E-state index contributed by atoms with van der Waals surface area (Å²) in [5.74, 6) is -0.210. The van der Waals surface area contributed by atoms with Crippen molar-refractivity contribution in [1.29, 1.82) is 0 Å². The van der Waals surface area contributed by atoms with Crippen LogP contribution in [0.4, 0.5) is 0 Å². The molecule has 3 nitrogen and oxygen atoms in total. The minimum absolute atomic E-state index is 0.0278. The summed E-state index contributed by atoms with van der Waals surface area (Å²) in [5, 5.41) is 0.153. The van der Waals surface area contributed by atoms with E-state index in [0.717, 1.165) is 5.56 Å². The largest absolute Gasteiger partial charge is 0.549 e. The molecule has 0 saturated carbocycles. The molecular weight excluding hydrogens is 304 g/mol. The molecule has 1 aromatic carbocycles. The lowest BCUT2D eigenvalue weighted by atomic mass is 9.96. The predicted molar refractivity (Wildman–Crippen MR) is 97.9 cm³/mol. The highest BCUT2D eigenvalue weighted by atomic mass is 28.4. The fraction of sp³-hybridized carbons (Fsp3) is 0.526. The Bertz CT molecular complexity index is 515. The highest BCUT2D eigenvalue weighted by Crippen LogP contribution is 2.37. The van der Waals surface area contributed by atoms with Crippen molar-refractivity contribution in [3.05, 3.63) is 48.2 Å². The molecule has 1 rings (SSSR count). The number of benzene rings is 1. The molecule has 0 aliphatic heterocycles. The molecule has 0 bridgehead atoms. The molecule has 0 N–H and O–H groups in total. The summed E-state index contributed by atoms with van der Waals surface area (Å²) >= 11 is 0. The molecule has 0 saturated heterocycles. The molecule has 0 spiro atoms. The summed E-state index contributed by atoms with van der Waals surface area (Å²) in [6.07, 6.45) is 4.09. The van der Waals surface area contributed by atoms with Crippen LogP contribution < -0.4 is 0 Å². The van der Waals surface area contributed by atoms with Crippen molar-refractivity contribution in [2.45, 2.75) is 58.2 Å². The molecule has 0 fully saturated rings. The molecule has 128 valence electrons. The first kappa shape index (κ1) is 19.5. The first-order valence-electron chi connectivity index (χ1n) is 8.22. The van der Waals surface area contributed by atoms with Crippen LogP contribution in [0, 0.1) is 0 Å². The first-order chi connectivity index (χ1) is 10.7. The van der Waals surface area contributed by atoms with Gasteiger partial charge in [-0.1, -0.05) is 51.1 Å². The Morgan fingerprint density at radius 1 is 1.22 bits per heavy atom. The number of carbonyl (C=O) groups excluding carboxylic acids is 1. The van der Waals surface area contributed by atoms with Crippen LogP contribution >= 0.6 is 0 Å². The van der Waals surface area contributed by atoms with Crippen LogP contribution in [0.2, 0.25) is 18.1 Å². The molecule has 23 heavy (non-hydrogen) atoms. The zero-order valence-electron chi connectivity index (χ0n) is 15.3. The van der Waals surface area contributed by atoms with Gasteiger partial charge in [0.05, 0.1) is 19.3 Å². The summed E-state index contributed by atoms with van der Waals surface area (Å²) in [4.78, 5) is 11.9. The van der Waals surface area contributed by atoms with Gasteiger partial charge < -0.3 is 9.16 Å². The van der Waals surface area contributed by atoms with Crippen LogP contribution in [0.15, 0.2) is 42.7 Å². The van der Waals surface area contributed by atoms with Crippen molar-refractivity contribution < 1.29 is 14.0 Å². The Morgan fingerprint density at radius 3 is 2.35 bits per heavy atom. The van der Waals surface area contributed by atoms with Crippen molar-refractivity contribution in [3.63, 3.8) is 0 Å². The van der Waals surface area contributed by atoms with Gasteiger partial charge in [-0.15, -0.1) is 0 Å². The summed E-state index contributed by atoms with van der Waals surface area (Å²) < 4.78 is 11.2. The number of carbonyl (C=O) groups is 1. The van der Waals surface area contributed by atoms with E-state index < -0.39 is 8.32 Å². The van der Waals surface area contributed by atoms with Crippen LogP contribution in [0.5, 0.6) is 0 Å². The second-order valence-electron chi connectivity index (χ2n) is 7.23. The lowest BCUT2D eigenvalue weighted by molar-refractivity contribution is -0.143. The fourth-order valence-corrected chi connectivity index (χ4v) is 2.65. The van der Waals surface area contributed by atoms with Crippen LogP contribution in [0.1, 0.15) is 45.6 Å². The SMILES string of the molecule is CCOC(=O)CC(/C=C/O[Si](C)(C)C(C)(C)C)c1ccccc1. The molecule has 0 aliphatic carbocycles. The number of rotatable bonds is 7. The molecule has 1 atom stereocenters. The molecule has 0 aliphatic rings. The average Bonchev–Trinajstić information content (AvgIpc) is 2.46. The van der Waals surface area contributed by atoms with E-state index in [2.05, 4.69) is 33.9 Å². The third-order valence-electron chi connectivity index (χ3n) is 4.40. The first-order valence-corrected chi connectivity index (χ1v) is 11.1. The lowest BCUT2D eigenvalue weighted by Gasteiger charge is -2.35. The summed E-state index contributed by atoms with van der Waals surface area (Å²) in [5.41, 5.74) is 1.09. The molecule has 1 aromatic rings. The van der Waals surface area contributed by atoms with Gasteiger partial charge >= 0.3 is 5.97 Å². The second kappa shape index (κ2) is 8.34. The Balaban J connectivity index is 2.85. The fourth-order valence-electron chi connectivity index (χ4n) is 1.88. The normalized spacial score (nSPS) is 13.8. The minimum Gasteiger partial charge on any atom is -0.549 e. The number of hydrogen-bond donors (Lipinski definition) is 0. The number of ether oxygens (including phenoxy) is 1. The second-order valence-corrected chi connectivity index (χ2v) is 12.0. The van der Waals surface area contributed by atoms with E-state index in [9.17, 15) is 4.79 Å². The van der Waals surface area contributed by atoms with Crippen molar-refractivity contribution in [1.82, 2.24) is 0 Å². The Hall–Kier alpha value is -1.55. The maximum atomic E-state index is 11.9. The van der Waals surface area contributed by atoms with E-state index in [1.165, 1.54) is 0 Å². The van der Waals surface area contributed by atoms with E-state index in [1.807, 2.05) is 43.3 Å². The van der Waals surface area contributed by atoms with Crippen molar-refractivity contribution in [2.24, 2.45) is 0 Å². The van der Waals surface area contributed by atoms with E-state index in [4.69, 9.17) is 9.16 Å². The number of hydrogen-bond acceptors (Lipinski definition) is 3. The Labute approximate surface area is 141 Å². The maximum Gasteiger partial charge on any atom is 0.306 e. The van der Waals surface area contributed by atoms with Gasteiger partial charge in [0.25, 0.3) is 0 Å². The minimum atomic E-state index is -1.83. The zero-order chi connectivity index (χ0) is 17.5. The topological polar surface area (TPSA) is 35.5 Å². The molecule has 0 amide bonds. The summed E-state index contributed by atoms with van der Waals surface area (Å²) in [6.45, 7) is 13.3. The smallest absolute Gasteiger partial charge is 0.306 e. The van der Waals surface area contributed by atoms with Gasteiger partial charge in [0.15, 0.2) is 0 Å². The predicted octanol–water partition coefficient (Wildman–Crippen LogP) is 5.26. The van der Waals surface area contributed by atoms with Crippen LogP contribution in [0.3, 0.4) is 0 Å². The summed E-state index contributed by atoms with van der Waals surface area (Å²) in [6, 6.07) is 9.99. The average molecular weight is 335 g/mol. The molecule has 0 heterocycles. The molecular formula is C19H30O3Si. The van der Waals surface area contributed by atoms with Gasteiger partial charge in [0.2, 0.25) is 8.32 Å². The monoisotopic (exact) mass is 334 g/mol. The molecule has 0 aromatic heterocycles. The Morgan fingerprint density at radius 2 is 1.83 bits per heavy atom. The highest BCUT2D eigenvalue weighted by molar-refractivity contribution is 6.74. The molecule has 0 radical (unpaired) electrons. The van der Waals surface area contributed by atoms with Crippen molar-refractivity contribution >= 4 is 14.3 Å². The van der Waals surface area contributed by atoms with Gasteiger partial charge in [-0.3, -0.25) is 4.79 Å². The highest BCUT2D eigenvalue weighted by Gasteiger charge is 2.38. The third-order valence-corrected chi connectivity index (χ3v) is 8.74. The molecule has 1 unspecified atom stereocenters. The quantitative estimate of drug-likeness (QED) is 0.388. The Kier molecular flexibility index (Phi) is 7.07. The van der Waals surface area contributed by atoms with Gasteiger partial charge in [0.1, 0.15) is 0 Å². The standard InChI is InChI=1S/C19H30O3Si/c1-7-21-18(20)15-17(16-11-9-8-10-12-16)13-14-22-23(5,6)19(2,3)4/h8-14,17H,7,15H2,1-6H3/b14-13+. The zero-order valence-corrected chi connectivity index (χ0v) is 16.3. The van der Waals surface area contributed by atoms with Crippen LogP contribution in [-0.2, 0) is 14.0 Å². The van der Waals surface area contributed by atoms with E-state index in [1.54, 1.807) is 6.26 Å². The van der Waals surface area contributed by atoms with Gasteiger partial charge in [-0.05, 0) is 36.7 Å². The van der Waals surface area contributed by atoms with Crippen LogP contribution in [0.25, 0.3) is 0 Å². The number of esters is 1. The van der Waals surface area contributed by atoms with E-state index >= 15 is 0 Å². The van der Waals surface area contributed by atoms with Crippen molar-refractivity contribution in [2.75, 3.05) is 6.61 Å². The van der Waals surface area contributed by atoms with E-state index in [0.29, 0.717) is 13.0 Å². The van der Waals surface area contributed by atoms with Crippen LogP contribution in [-0.4, -0.2) is 20.9 Å². The maximum absolute atomic E-state index is 11.9. The van der Waals surface area contributed by atoms with E-state index in [-0.39, 0.29) is 16.9 Å². The third kappa shape index (κ3) is 6.22.